The van der Waals surface area contributed by atoms with E-state index in [0.29, 0.717) is 0 Å². The molecule has 5 aromatic rings. The van der Waals surface area contributed by atoms with Crippen LogP contribution in [0.15, 0.2) is 66.7 Å². The number of methoxy groups -OCH3 is 2. The van der Waals surface area contributed by atoms with Gasteiger partial charge in [-0.05, 0) is 30.3 Å². The minimum Gasteiger partial charge on any atom is -0.497 e. The van der Waals surface area contributed by atoms with Crippen LogP contribution in [0.2, 0.25) is 0 Å². The van der Waals surface area contributed by atoms with E-state index in [2.05, 4.69) is 36.4 Å². The Balaban J connectivity index is 2.00. The maximum absolute atomic E-state index is 5.63. The molecule has 0 aliphatic rings. The molecule has 0 aliphatic heterocycles. The number of hydrogen-bond donors (Lipinski definition) is 0. The van der Waals surface area contributed by atoms with E-state index < -0.39 is 0 Å². The van der Waals surface area contributed by atoms with Crippen molar-refractivity contribution in [1.82, 2.24) is 4.98 Å². The van der Waals surface area contributed by atoms with Crippen LogP contribution in [0.4, 0.5) is 0 Å². The number of thiophene rings is 1. The summed E-state index contributed by atoms with van der Waals surface area (Å²) in [5.74, 6) is 1.63. The van der Waals surface area contributed by atoms with Crippen molar-refractivity contribution >= 4 is 42.4 Å². The predicted octanol–water partition coefficient (Wildman–Crippen LogP) is 6.29. The summed E-state index contributed by atoms with van der Waals surface area (Å²) in [5.41, 5.74) is 2.87. The van der Waals surface area contributed by atoms with Crippen LogP contribution in [-0.2, 0) is 0 Å². The van der Waals surface area contributed by atoms with Crippen LogP contribution in [0.1, 0.15) is 0 Å². The van der Waals surface area contributed by atoms with Gasteiger partial charge in [0.2, 0.25) is 0 Å². The lowest BCUT2D eigenvalue weighted by Crippen LogP contribution is -1.92. The van der Waals surface area contributed by atoms with Gasteiger partial charge in [-0.1, -0.05) is 30.3 Å². The Morgan fingerprint density at radius 3 is 2.48 bits per heavy atom. The van der Waals surface area contributed by atoms with E-state index >= 15 is 0 Å². The van der Waals surface area contributed by atoms with Crippen LogP contribution < -0.4 is 9.47 Å². The first-order chi connectivity index (χ1) is 13.3. The number of hydrogen-bond acceptors (Lipinski definition) is 4. The fourth-order valence-corrected chi connectivity index (χ4v) is 4.84. The largest absolute Gasteiger partial charge is 0.497 e. The fourth-order valence-electron chi connectivity index (χ4n) is 3.60. The van der Waals surface area contributed by atoms with E-state index in [1.807, 2.05) is 30.3 Å². The molecule has 0 radical (unpaired) electrons. The molecule has 0 saturated carbocycles. The molecule has 0 aliphatic carbocycles. The van der Waals surface area contributed by atoms with Crippen molar-refractivity contribution < 1.29 is 9.47 Å². The molecule has 2 heterocycles. The number of benzene rings is 3. The zero-order valence-corrected chi connectivity index (χ0v) is 15.8. The highest BCUT2D eigenvalue weighted by atomic mass is 32.1. The highest BCUT2D eigenvalue weighted by Crippen LogP contribution is 2.44. The Labute approximate surface area is 160 Å². The van der Waals surface area contributed by atoms with Crippen LogP contribution in [0.3, 0.4) is 0 Å². The molecule has 0 fully saturated rings. The van der Waals surface area contributed by atoms with Crippen LogP contribution in [-0.4, -0.2) is 19.2 Å². The van der Waals surface area contributed by atoms with E-state index in [-0.39, 0.29) is 0 Å². The molecular weight excluding hydrogens is 354 g/mol. The van der Waals surface area contributed by atoms with Gasteiger partial charge in [0.1, 0.15) is 11.5 Å². The van der Waals surface area contributed by atoms with E-state index in [1.54, 1.807) is 25.6 Å². The zero-order chi connectivity index (χ0) is 18.4. The maximum Gasteiger partial charge on any atom is 0.128 e. The van der Waals surface area contributed by atoms with Gasteiger partial charge in [-0.2, -0.15) is 0 Å². The van der Waals surface area contributed by atoms with E-state index in [0.717, 1.165) is 33.7 Å². The summed E-state index contributed by atoms with van der Waals surface area (Å²) in [5, 5.41) is 3.55. The average molecular weight is 371 g/mol. The van der Waals surface area contributed by atoms with Crippen molar-refractivity contribution in [1.29, 1.82) is 0 Å². The van der Waals surface area contributed by atoms with Gasteiger partial charge in [0.05, 0.1) is 25.4 Å². The van der Waals surface area contributed by atoms with Crippen LogP contribution in [0, 0.1) is 0 Å². The first-order valence-corrected chi connectivity index (χ1v) is 9.54. The van der Waals surface area contributed by atoms with Crippen molar-refractivity contribution in [2.24, 2.45) is 0 Å². The summed E-state index contributed by atoms with van der Waals surface area (Å²) in [4.78, 5) is 5.06. The molecule has 132 valence electrons. The molecule has 2 aromatic heterocycles. The molecule has 0 bridgehead atoms. The highest BCUT2D eigenvalue weighted by molar-refractivity contribution is 7.26. The Bertz CT molecular complexity index is 1310. The average Bonchev–Trinajstić information content (AvgIpc) is 3.12. The Morgan fingerprint density at radius 2 is 1.63 bits per heavy atom. The Hall–Kier alpha value is -3.11. The molecule has 5 rings (SSSR count). The summed E-state index contributed by atoms with van der Waals surface area (Å²) < 4.78 is 13.6. The van der Waals surface area contributed by atoms with E-state index in [4.69, 9.17) is 14.5 Å². The van der Waals surface area contributed by atoms with Gasteiger partial charge >= 0.3 is 0 Å². The third-order valence-corrected chi connectivity index (χ3v) is 6.08. The fraction of sp³-hybridized carbons (Fsp3) is 0.0870. The standard InChI is InChI=1S/C23H17NO2S/c1-25-14-11-12-15-18(13-14)24-22(16-7-3-5-9-19(16)26-2)21-17-8-4-6-10-20(17)27-23(15)21/h3-13H,1-2H3. The first kappa shape index (κ1) is 16.1. The second-order valence-electron chi connectivity index (χ2n) is 6.35. The van der Waals surface area contributed by atoms with Gasteiger partial charge in [0.25, 0.3) is 0 Å². The van der Waals surface area contributed by atoms with Crippen LogP contribution >= 0.6 is 11.3 Å². The number of ether oxygens (including phenoxy) is 2. The second kappa shape index (κ2) is 6.25. The molecule has 0 N–H and O–H groups in total. The Kier molecular flexibility index (Phi) is 3.73. The molecule has 27 heavy (non-hydrogen) atoms. The van der Waals surface area contributed by atoms with E-state index in [9.17, 15) is 0 Å². The zero-order valence-electron chi connectivity index (χ0n) is 15.0. The third kappa shape index (κ3) is 2.45. The van der Waals surface area contributed by atoms with Gasteiger partial charge in [0.15, 0.2) is 0 Å². The topological polar surface area (TPSA) is 31.4 Å². The van der Waals surface area contributed by atoms with Gasteiger partial charge in [-0.25, -0.2) is 4.98 Å². The summed E-state index contributed by atoms with van der Waals surface area (Å²) in [6, 6.07) is 22.7. The molecule has 0 unspecified atom stereocenters. The number of pyridine rings is 1. The van der Waals surface area contributed by atoms with Crippen molar-refractivity contribution in [2.75, 3.05) is 14.2 Å². The monoisotopic (exact) mass is 371 g/mol. The van der Waals surface area contributed by atoms with Gasteiger partial charge < -0.3 is 9.47 Å². The summed E-state index contributed by atoms with van der Waals surface area (Å²) >= 11 is 1.81. The molecule has 0 amide bonds. The summed E-state index contributed by atoms with van der Waals surface area (Å²) in [6.07, 6.45) is 0. The number of nitrogens with zero attached hydrogens (tertiary/aromatic N) is 1. The first-order valence-electron chi connectivity index (χ1n) is 8.72. The normalized spacial score (nSPS) is 11.3. The smallest absolute Gasteiger partial charge is 0.128 e. The molecule has 0 saturated heterocycles. The van der Waals surface area contributed by atoms with Crippen molar-refractivity contribution in [3.63, 3.8) is 0 Å². The SMILES string of the molecule is COc1ccc2c(c1)nc(-c1ccccc1OC)c1c3ccccc3sc21. The van der Waals surface area contributed by atoms with Gasteiger partial charge in [0, 0.05) is 37.2 Å². The lowest BCUT2D eigenvalue weighted by molar-refractivity contribution is 0.415. The number of aromatic nitrogens is 1. The lowest BCUT2D eigenvalue weighted by Gasteiger charge is -2.11. The summed E-state index contributed by atoms with van der Waals surface area (Å²) in [6.45, 7) is 0. The molecular formula is C23H17NO2S. The van der Waals surface area contributed by atoms with Crippen molar-refractivity contribution in [3.05, 3.63) is 66.7 Å². The number of para-hydroxylation sites is 1. The van der Waals surface area contributed by atoms with Crippen LogP contribution in [0.25, 0.3) is 42.3 Å². The lowest BCUT2D eigenvalue weighted by atomic mass is 10.0. The molecule has 3 aromatic carbocycles. The minimum absolute atomic E-state index is 0.807. The van der Waals surface area contributed by atoms with Gasteiger partial charge in [-0.3, -0.25) is 0 Å². The van der Waals surface area contributed by atoms with Crippen molar-refractivity contribution in [3.8, 4) is 22.8 Å². The van der Waals surface area contributed by atoms with Gasteiger partial charge in [-0.15, -0.1) is 11.3 Å². The Morgan fingerprint density at radius 1 is 0.815 bits per heavy atom. The number of rotatable bonds is 3. The minimum atomic E-state index is 0.807. The quantitative estimate of drug-likeness (QED) is 0.374. The second-order valence-corrected chi connectivity index (χ2v) is 7.40. The van der Waals surface area contributed by atoms with Crippen LogP contribution in [0.5, 0.6) is 11.5 Å². The van der Waals surface area contributed by atoms with Crippen molar-refractivity contribution in [2.45, 2.75) is 0 Å². The maximum atomic E-state index is 5.63. The molecule has 0 atom stereocenters. The summed E-state index contributed by atoms with van der Waals surface area (Å²) in [7, 11) is 3.38. The molecule has 0 spiro atoms. The predicted molar refractivity (Wildman–Crippen MR) is 113 cm³/mol. The number of fused-ring (bicyclic) bond motifs is 5. The third-order valence-electron chi connectivity index (χ3n) is 4.88. The molecule has 4 heteroatoms. The molecule has 3 nitrogen and oxygen atoms in total. The highest BCUT2D eigenvalue weighted by Gasteiger charge is 2.18. The van der Waals surface area contributed by atoms with E-state index in [1.165, 1.54) is 20.2 Å².